The first-order valence-corrected chi connectivity index (χ1v) is 9.51. The number of hydrogen-bond donors (Lipinski definition) is 2. The zero-order chi connectivity index (χ0) is 19.9. The van der Waals surface area contributed by atoms with Gasteiger partial charge in [0, 0.05) is 38.3 Å². The highest BCUT2D eigenvalue weighted by Gasteiger charge is 2.22. The molecule has 0 unspecified atom stereocenters. The molecule has 0 atom stereocenters. The zero-order valence-electron chi connectivity index (χ0n) is 17.2. The predicted molar refractivity (Wildman–Crippen MR) is 121 cm³/mol. The van der Waals surface area contributed by atoms with Gasteiger partial charge in [-0.3, -0.25) is 9.89 Å². The van der Waals surface area contributed by atoms with Gasteiger partial charge in [0.1, 0.15) is 11.4 Å². The fourth-order valence-electron chi connectivity index (χ4n) is 3.10. The smallest absolute Gasteiger partial charge is 0.251 e. The highest BCUT2D eigenvalue weighted by atomic mass is 127. The van der Waals surface area contributed by atoms with E-state index >= 15 is 0 Å². The lowest BCUT2D eigenvalue weighted by Gasteiger charge is -2.32. The lowest BCUT2D eigenvalue weighted by molar-refractivity contribution is 0.0744. The molecule has 8 heteroatoms. The summed E-state index contributed by atoms with van der Waals surface area (Å²) in [6, 6.07) is 8.19. The Morgan fingerprint density at radius 2 is 1.89 bits per heavy atom. The molecule has 160 valence electrons. The zero-order valence-corrected chi connectivity index (χ0v) is 19.5. The van der Waals surface area contributed by atoms with Crippen molar-refractivity contribution in [2.75, 3.05) is 26.7 Å². The molecule has 0 aromatic heterocycles. The SMILES string of the molecule is CN=C(NCc1ccccc1OC(C)(C)C)NC1CCN(CC(F)F)CC1.I. The fraction of sp³-hybridized carbons (Fsp3) is 0.650. The Morgan fingerprint density at radius 3 is 2.46 bits per heavy atom. The van der Waals surface area contributed by atoms with Gasteiger partial charge in [-0.2, -0.15) is 0 Å². The van der Waals surface area contributed by atoms with Crippen LogP contribution in [0.15, 0.2) is 29.3 Å². The second-order valence-corrected chi connectivity index (χ2v) is 7.86. The van der Waals surface area contributed by atoms with E-state index in [1.807, 2.05) is 49.9 Å². The number of piperidine rings is 1. The van der Waals surface area contributed by atoms with Crippen molar-refractivity contribution < 1.29 is 13.5 Å². The first kappa shape index (κ1) is 24.9. The molecule has 1 aliphatic rings. The van der Waals surface area contributed by atoms with Crippen LogP contribution in [0.2, 0.25) is 0 Å². The van der Waals surface area contributed by atoms with Crippen LogP contribution in [0.4, 0.5) is 8.78 Å². The van der Waals surface area contributed by atoms with Crippen molar-refractivity contribution in [2.45, 2.75) is 58.2 Å². The minimum atomic E-state index is -2.26. The number of benzene rings is 1. The molecule has 1 fully saturated rings. The van der Waals surface area contributed by atoms with E-state index in [9.17, 15) is 8.78 Å². The van der Waals surface area contributed by atoms with Gasteiger partial charge >= 0.3 is 0 Å². The molecule has 0 saturated carbocycles. The second-order valence-electron chi connectivity index (χ2n) is 7.86. The number of para-hydroxylation sites is 1. The number of ether oxygens (including phenoxy) is 1. The number of rotatable bonds is 6. The molecule has 0 spiro atoms. The van der Waals surface area contributed by atoms with E-state index in [2.05, 4.69) is 15.6 Å². The molecule has 0 aliphatic carbocycles. The summed E-state index contributed by atoms with van der Waals surface area (Å²) in [5.41, 5.74) is 0.796. The van der Waals surface area contributed by atoms with Gasteiger partial charge in [0.2, 0.25) is 0 Å². The molecule has 1 aromatic rings. The van der Waals surface area contributed by atoms with Gasteiger partial charge in [-0.05, 0) is 39.7 Å². The van der Waals surface area contributed by atoms with E-state index in [1.165, 1.54) is 0 Å². The van der Waals surface area contributed by atoms with Gasteiger partial charge < -0.3 is 15.4 Å². The van der Waals surface area contributed by atoms with Crippen LogP contribution in [-0.2, 0) is 6.54 Å². The van der Waals surface area contributed by atoms with E-state index in [1.54, 1.807) is 7.05 Å². The molecule has 1 aliphatic heterocycles. The normalized spacial score (nSPS) is 16.6. The number of likely N-dealkylation sites (tertiary alicyclic amines) is 1. The van der Waals surface area contributed by atoms with Crippen molar-refractivity contribution in [1.29, 1.82) is 0 Å². The van der Waals surface area contributed by atoms with Gasteiger partial charge in [0.05, 0.1) is 6.54 Å². The van der Waals surface area contributed by atoms with Gasteiger partial charge in [-0.25, -0.2) is 8.78 Å². The summed E-state index contributed by atoms with van der Waals surface area (Å²) in [7, 11) is 1.73. The summed E-state index contributed by atoms with van der Waals surface area (Å²) in [5, 5.41) is 6.73. The van der Waals surface area contributed by atoms with Gasteiger partial charge in [-0.15, -0.1) is 24.0 Å². The van der Waals surface area contributed by atoms with E-state index < -0.39 is 6.43 Å². The quantitative estimate of drug-likeness (QED) is 0.347. The summed E-state index contributed by atoms with van der Waals surface area (Å²) in [5.74, 6) is 1.57. The third-order valence-electron chi connectivity index (χ3n) is 4.38. The number of nitrogens with zero attached hydrogens (tertiary/aromatic N) is 2. The molecule has 1 aromatic carbocycles. The summed E-state index contributed by atoms with van der Waals surface area (Å²) in [4.78, 5) is 6.11. The molecule has 1 heterocycles. The fourth-order valence-corrected chi connectivity index (χ4v) is 3.10. The molecular weight excluding hydrogens is 477 g/mol. The number of aliphatic imine (C=N–C) groups is 1. The second kappa shape index (κ2) is 11.7. The Kier molecular flexibility index (Phi) is 10.4. The summed E-state index contributed by atoms with van der Waals surface area (Å²) >= 11 is 0. The maximum absolute atomic E-state index is 12.5. The Balaban J connectivity index is 0.00000392. The van der Waals surface area contributed by atoms with Crippen molar-refractivity contribution >= 4 is 29.9 Å². The van der Waals surface area contributed by atoms with Crippen LogP contribution in [0.5, 0.6) is 5.75 Å². The van der Waals surface area contributed by atoms with Crippen molar-refractivity contribution in [1.82, 2.24) is 15.5 Å². The van der Waals surface area contributed by atoms with E-state index in [-0.39, 0.29) is 42.2 Å². The third kappa shape index (κ3) is 8.89. The van der Waals surface area contributed by atoms with Gasteiger partial charge in [0.15, 0.2) is 5.96 Å². The minimum absolute atomic E-state index is 0. The Labute approximate surface area is 184 Å². The van der Waals surface area contributed by atoms with Crippen LogP contribution in [0.25, 0.3) is 0 Å². The third-order valence-corrected chi connectivity index (χ3v) is 4.38. The van der Waals surface area contributed by atoms with Crippen LogP contribution in [-0.4, -0.2) is 55.6 Å². The minimum Gasteiger partial charge on any atom is -0.488 e. The molecule has 0 amide bonds. The first-order valence-electron chi connectivity index (χ1n) is 9.51. The van der Waals surface area contributed by atoms with Crippen molar-refractivity contribution in [2.24, 2.45) is 4.99 Å². The predicted octanol–water partition coefficient (Wildman–Crippen LogP) is 3.88. The number of alkyl halides is 2. The molecule has 1 saturated heterocycles. The Bertz CT molecular complexity index is 614. The van der Waals surface area contributed by atoms with Crippen LogP contribution < -0.4 is 15.4 Å². The molecule has 5 nitrogen and oxygen atoms in total. The number of halogens is 3. The van der Waals surface area contributed by atoms with Crippen LogP contribution in [0.3, 0.4) is 0 Å². The van der Waals surface area contributed by atoms with Crippen LogP contribution in [0.1, 0.15) is 39.2 Å². The van der Waals surface area contributed by atoms with E-state index in [0.29, 0.717) is 25.6 Å². The average Bonchev–Trinajstić information content (AvgIpc) is 2.59. The standard InChI is InChI=1S/C20H32F2N4O.HI/c1-20(2,3)27-17-8-6-5-7-15(17)13-24-19(23-4)25-16-9-11-26(12-10-16)14-18(21)22;/h5-8,16,18H,9-14H2,1-4H3,(H2,23,24,25);1H. The molecule has 2 rings (SSSR count). The number of nitrogens with one attached hydrogen (secondary N) is 2. The van der Waals surface area contributed by atoms with Crippen molar-refractivity contribution in [3.05, 3.63) is 29.8 Å². The first-order chi connectivity index (χ1) is 12.8. The highest BCUT2D eigenvalue weighted by molar-refractivity contribution is 14.0. The van der Waals surface area contributed by atoms with Gasteiger partial charge in [0.25, 0.3) is 6.43 Å². The molecule has 0 bridgehead atoms. The van der Waals surface area contributed by atoms with Crippen LogP contribution >= 0.6 is 24.0 Å². The Morgan fingerprint density at radius 1 is 1.25 bits per heavy atom. The number of hydrogen-bond acceptors (Lipinski definition) is 3. The summed E-state index contributed by atoms with van der Waals surface area (Å²) < 4.78 is 31.0. The average molecular weight is 510 g/mol. The number of guanidine groups is 1. The summed E-state index contributed by atoms with van der Waals surface area (Å²) in [6.45, 7) is 7.90. The van der Waals surface area contributed by atoms with Crippen molar-refractivity contribution in [3.63, 3.8) is 0 Å². The lowest BCUT2D eigenvalue weighted by Crippen LogP contribution is -2.49. The van der Waals surface area contributed by atoms with Crippen molar-refractivity contribution in [3.8, 4) is 5.75 Å². The van der Waals surface area contributed by atoms with Crippen LogP contribution in [0, 0.1) is 0 Å². The molecule has 0 radical (unpaired) electrons. The van der Waals surface area contributed by atoms with E-state index in [4.69, 9.17) is 4.74 Å². The maximum Gasteiger partial charge on any atom is 0.251 e. The topological polar surface area (TPSA) is 48.9 Å². The monoisotopic (exact) mass is 510 g/mol. The maximum atomic E-state index is 12.5. The molecular formula is C20H33F2IN4O. The van der Waals surface area contributed by atoms with E-state index in [0.717, 1.165) is 24.2 Å². The van der Waals surface area contributed by atoms with Gasteiger partial charge in [-0.1, -0.05) is 18.2 Å². The molecule has 2 N–H and O–H groups in total. The highest BCUT2D eigenvalue weighted by Crippen LogP contribution is 2.22. The Hall–Kier alpha value is -1.16. The lowest BCUT2D eigenvalue weighted by atomic mass is 10.1. The summed E-state index contributed by atoms with van der Waals surface area (Å²) in [6.07, 6.45) is -0.604. The largest absolute Gasteiger partial charge is 0.488 e. The molecule has 28 heavy (non-hydrogen) atoms.